The van der Waals surface area contributed by atoms with Crippen molar-refractivity contribution in [1.29, 1.82) is 0 Å². The Morgan fingerprint density at radius 2 is 1.78 bits per heavy atom. The third-order valence-electron chi connectivity index (χ3n) is 7.07. The van der Waals surface area contributed by atoms with E-state index in [2.05, 4.69) is 17.1 Å². The lowest BCUT2D eigenvalue weighted by molar-refractivity contribution is -0.122. The van der Waals surface area contributed by atoms with E-state index in [1.54, 1.807) is 0 Å². The number of likely N-dealkylation sites (tertiary alicyclic amines) is 1. The Morgan fingerprint density at radius 1 is 1.06 bits per heavy atom. The quantitative estimate of drug-likeness (QED) is 0.534. The number of nitrogens with zero attached hydrogens (tertiary/aromatic N) is 1. The molecule has 1 amide bonds. The van der Waals surface area contributed by atoms with Crippen LogP contribution in [0.1, 0.15) is 57.4 Å². The van der Waals surface area contributed by atoms with Crippen LogP contribution < -0.4 is 10.1 Å². The van der Waals surface area contributed by atoms with Gasteiger partial charge in [-0.2, -0.15) is 0 Å². The number of halogens is 1. The molecule has 1 saturated heterocycles. The maximum atomic E-state index is 13.5. The largest absolute Gasteiger partial charge is 0.492 e. The average Bonchev–Trinajstić information content (AvgIpc) is 2.81. The number of hydrogen-bond donors (Lipinski definition) is 1. The number of amides is 1. The van der Waals surface area contributed by atoms with Gasteiger partial charge in [0.15, 0.2) is 0 Å². The van der Waals surface area contributed by atoms with E-state index in [0.717, 1.165) is 55.1 Å². The molecule has 1 atom stereocenters. The van der Waals surface area contributed by atoms with Gasteiger partial charge in [-0.15, -0.1) is 0 Å². The van der Waals surface area contributed by atoms with Crippen LogP contribution in [0.3, 0.4) is 0 Å². The second kappa shape index (κ2) is 10.7. The normalized spacial score (nSPS) is 21.1. The molecular formula is C27H35ClN2O2. The number of rotatable bonds is 7. The van der Waals surface area contributed by atoms with Crippen LogP contribution in [-0.2, 0) is 10.2 Å². The Hall–Kier alpha value is -2.04. The first-order chi connectivity index (χ1) is 15.5. The van der Waals surface area contributed by atoms with Crippen molar-refractivity contribution in [2.45, 2.75) is 57.3 Å². The summed E-state index contributed by atoms with van der Waals surface area (Å²) >= 11 is 6.09. The standard InChI is InChI=1S/C27H35ClN2O2/c1-21-6-5-17-30(20-21)18-19-32-25-13-11-24(12-14-25)29-26(31)27(15-3-2-4-16-27)22-7-9-23(28)10-8-22/h7-14,21H,2-6,15-20H2,1H3,(H,29,31). The topological polar surface area (TPSA) is 41.6 Å². The maximum Gasteiger partial charge on any atom is 0.235 e. The van der Waals surface area contributed by atoms with Gasteiger partial charge in [0.25, 0.3) is 0 Å². The molecule has 0 radical (unpaired) electrons. The minimum absolute atomic E-state index is 0.0763. The average molecular weight is 455 g/mol. The molecule has 0 bridgehead atoms. The summed E-state index contributed by atoms with van der Waals surface area (Å²) in [5, 5.41) is 3.87. The molecule has 1 saturated carbocycles. The zero-order valence-electron chi connectivity index (χ0n) is 19.1. The minimum Gasteiger partial charge on any atom is -0.492 e. The lowest BCUT2D eigenvalue weighted by Crippen LogP contribution is -2.42. The Balaban J connectivity index is 1.35. The summed E-state index contributed by atoms with van der Waals surface area (Å²) in [7, 11) is 0. The highest BCUT2D eigenvalue weighted by atomic mass is 35.5. The van der Waals surface area contributed by atoms with Crippen LogP contribution >= 0.6 is 11.6 Å². The Labute approximate surface area is 197 Å². The van der Waals surface area contributed by atoms with Crippen molar-refractivity contribution in [2.75, 3.05) is 31.6 Å². The lowest BCUT2D eigenvalue weighted by atomic mass is 9.68. The zero-order valence-corrected chi connectivity index (χ0v) is 19.9. The van der Waals surface area contributed by atoms with E-state index in [4.69, 9.17) is 16.3 Å². The molecule has 4 rings (SSSR count). The van der Waals surface area contributed by atoms with Crippen molar-refractivity contribution in [3.8, 4) is 5.75 Å². The monoisotopic (exact) mass is 454 g/mol. The lowest BCUT2D eigenvalue weighted by Gasteiger charge is -2.36. The van der Waals surface area contributed by atoms with Crippen LogP contribution in [0, 0.1) is 5.92 Å². The molecule has 0 spiro atoms. The van der Waals surface area contributed by atoms with Crippen molar-refractivity contribution in [2.24, 2.45) is 5.92 Å². The zero-order chi connectivity index (χ0) is 22.4. The number of benzene rings is 2. The molecule has 1 unspecified atom stereocenters. The molecular weight excluding hydrogens is 420 g/mol. The number of carbonyl (C=O) groups excluding carboxylic acids is 1. The highest BCUT2D eigenvalue weighted by Gasteiger charge is 2.41. The summed E-state index contributed by atoms with van der Waals surface area (Å²) in [6.07, 6.45) is 7.69. The predicted octanol–water partition coefficient (Wildman–Crippen LogP) is 6.29. The minimum atomic E-state index is -0.483. The number of ether oxygens (including phenoxy) is 1. The fourth-order valence-electron chi connectivity index (χ4n) is 5.24. The third kappa shape index (κ3) is 5.65. The first kappa shape index (κ1) is 23.1. The molecule has 2 fully saturated rings. The number of hydrogen-bond acceptors (Lipinski definition) is 3. The molecule has 0 aromatic heterocycles. The van der Waals surface area contributed by atoms with Gasteiger partial charge in [0.05, 0.1) is 5.41 Å². The maximum absolute atomic E-state index is 13.5. The molecule has 2 aromatic rings. The summed E-state index contributed by atoms with van der Waals surface area (Å²) in [5.41, 5.74) is 1.39. The smallest absolute Gasteiger partial charge is 0.235 e. The fourth-order valence-corrected chi connectivity index (χ4v) is 5.36. The number of piperidine rings is 1. The van der Waals surface area contributed by atoms with Crippen LogP contribution in [0.2, 0.25) is 5.02 Å². The Kier molecular flexibility index (Phi) is 7.75. The van der Waals surface area contributed by atoms with Gasteiger partial charge in [-0.1, -0.05) is 49.9 Å². The second-order valence-corrected chi connectivity index (χ2v) is 9.96. The van der Waals surface area contributed by atoms with Crippen molar-refractivity contribution in [3.63, 3.8) is 0 Å². The SMILES string of the molecule is CC1CCCN(CCOc2ccc(NC(=O)C3(c4ccc(Cl)cc4)CCCCC3)cc2)C1. The molecule has 5 heteroatoms. The van der Waals surface area contributed by atoms with E-state index in [0.29, 0.717) is 11.6 Å². The van der Waals surface area contributed by atoms with Crippen molar-refractivity contribution in [1.82, 2.24) is 4.90 Å². The van der Waals surface area contributed by atoms with Crippen molar-refractivity contribution < 1.29 is 9.53 Å². The first-order valence-corrected chi connectivity index (χ1v) is 12.5. The molecule has 4 nitrogen and oxygen atoms in total. The van der Waals surface area contributed by atoms with Gasteiger partial charge >= 0.3 is 0 Å². The molecule has 1 aliphatic heterocycles. The van der Waals surface area contributed by atoms with Gasteiger partial charge in [0.1, 0.15) is 12.4 Å². The molecule has 1 heterocycles. The molecule has 172 valence electrons. The molecule has 1 N–H and O–H groups in total. The van der Waals surface area contributed by atoms with E-state index >= 15 is 0 Å². The summed E-state index contributed by atoms with van der Waals surface area (Å²) in [6, 6.07) is 15.6. The second-order valence-electron chi connectivity index (χ2n) is 9.52. The molecule has 2 aromatic carbocycles. The van der Waals surface area contributed by atoms with Crippen LogP contribution in [0.15, 0.2) is 48.5 Å². The van der Waals surface area contributed by atoms with Crippen molar-refractivity contribution >= 4 is 23.2 Å². The van der Waals surface area contributed by atoms with Crippen LogP contribution in [0.5, 0.6) is 5.75 Å². The first-order valence-electron chi connectivity index (χ1n) is 12.1. The number of nitrogens with one attached hydrogen (secondary N) is 1. The summed E-state index contributed by atoms with van der Waals surface area (Å²) in [5.74, 6) is 1.71. The van der Waals surface area contributed by atoms with E-state index in [1.807, 2.05) is 48.5 Å². The van der Waals surface area contributed by atoms with Gasteiger partial charge in [-0.25, -0.2) is 0 Å². The van der Waals surface area contributed by atoms with E-state index in [-0.39, 0.29) is 5.91 Å². The summed E-state index contributed by atoms with van der Waals surface area (Å²) in [4.78, 5) is 15.9. The predicted molar refractivity (Wildman–Crippen MR) is 132 cm³/mol. The third-order valence-corrected chi connectivity index (χ3v) is 7.32. The highest BCUT2D eigenvalue weighted by molar-refractivity contribution is 6.30. The summed E-state index contributed by atoms with van der Waals surface area (Å²) in [6.45, 7) is 6.33. The van der Waals surface area contributed by atoms with Gasteiger partial charge < -0.3 is 10.1 Å². The van der Waals surface area contributed by atoms with Gasteiger partial charge in [-0.05, 0) is 80.1 Å². The number of anilines is 1. The molecule has 1 aliphatic carbocycles. The number of carbonyl (C=O) groups is 1. The molecule has 32 heavy (non-hydrogen) atoms. The fraction of sp³-hybridized carbons (Fsp3) is 0.519. The van der Waals surface area contributed by atoms with Gasteiger partial charge in [-0.3, -0.25) is 9.69 Å². The Morgan fingerprint density at radius 3 is 2.47 bits per heavy atom. The van der Waals surface area contributed by atoms with Crippen LogP contribution in [-0.4, -0.2) is 37.0 Å². The van der Waals surface area contributed by atoms with Gasteiger partial charge in [0, 0.05) is 23.8 Å². The Bertz CT molecular complexity index is 876. The van der Waals surface area contributed by atoms with Crippen LogP contribution in [0.4, 0.5) is 5.69 Å². The molecule has 2 aliphatic rings. The van der Waals surface area contributed by atoms with Crippen LogP contribution in [0.25, 0.3) is 0 Å². The van der Waals surface area contributed by atoms with E-state index < -0.39 is 5.41 Å². The highest BCUT2D eigenvalue weighted by Crippen LogP contribution is 2.41. The van der Waals surface area contributed by atoms with E-state index in [9.17, 15) is 4.79 Å². The van der Waals surface area contributed by atoms with E-state index in [1.165, 1.54) is 32.4 Å². The van der Waals surface area contributed by atoms with Gasteiger partial charge in [0.2, 0.25) is 5.91 Å². The summed E-state index contributed by atoms with van der Waals surface area (Å²) < 4.78 is 5.95. The van der Waals surface area contributed by atoms with Crippen molar-refractivity contribution in [3.05, 3.63) is 59.1 Å².